The van der Waals surface area contributed by atoms with E-state index >= 15 is 0 Å². The van der Waals surface area contributed by atoms with Crippen molar-refractivity contribution in [2.45, 2.75) is 26.8 Å². The fourth-order valence-corrected chi connectivity index (χ4v) is 3.76. The number of pyridine rings is 1. The van der Waals surface area contributed by atoms with Crippen LogP contribution in [-0.4, -0.2) is 33.7 Å². The van der Waals surface area contributed by atoms with E-state index in [-0.39, 0.29) is 23.0 Å². The van der Waals surface area contributed by atoms with Crippen LogP contribution < -0.4 is 0 Å². The number of rotatable bonds is 3. The zero-order valence-corrected chi connectivity index (χ0v) is 15.5. The molecule has 5 heteroatoms. The summed E-state index contributed by atoms with van der Waals surface area (Å²) in [7, 11) is 1.66. The third-order valence-corrected chi connectivity index (χ3v) is 5.12. The Bertz CT molecular complexity index is 1100. The van der Waals surface area contributed by atoms with E-state index in [0.29, 0.717) is 35.0 Å². The molecule has 0 aliphatic carbocycles. The topological polar surface area (TPSA) is 70.5 Å². The lowest BCUT2D eigenvalue weighted by Gasteiger charge is -2.12. The van der Waals surface area contributed by atoms with Crippen LogP contribution in [0.25, 0.3) is 10.9 Å². The van der Waals surface area contributed by atoms with Gasteiger partial charge in [0.15, 0.2) is 11.5 Å². The number of phenols is 1. The van der Waals surface area contributed by atoms with Crippen LogP contribution in [0, 0.1) is 6.92 Å². The molecule has 1 amide bonds. The lowest BCUT2D eigenvalue weighted by atomic mass is 9.93. The van der Waals surface area contributed by atoms with Crippen molar-refractivity contribution in [3.63, 3.8) is 0 Å². The second-order valence-electron chi connectivity index (χ2n) is 7.20. The molecule has 3 aromatic rings. The Morgan fingerprint density at radius 3 is 2.59 bits per heavy atom. The molecule has 5 nitrogen and oxygen atoms in total. The zero-order chi connectivity index (χ0) is 19.3. The molecule has 0 saturated carbocycles. The van der Waals surface area contributed by atoms with E-state index in [9.17, 15) is 14.7 Å². The van der Waals surface area contributed by atoms with E-state index < -0.39 is 0 Å². The molecule has 1 aliphatic heterocycles. The maximum atomic E-state index is 12.4. The van der Waals surface area contributed by atoms with E-state index in [0.717, 1.165) is 11.1 Å². The predicted octanol–water partition coefficient (Wildman–Crippen LogP) is 3.63. The van der Waals surface area contributed by atoms with Gasteiger partial charge >= 0.3 is 0 Å². The first-order valence-electron chi connectivity index (χ1n) is 8.85. The number of aromatic hydroxyl groups is 1. The van der Waals surface area contributed by atoms with Crippen molar-refractivity contribution < 1.29 is 14.7 Å². The Balaban J connectivity index is 1.91. The molecule has 2 aromatic carbocycles. The normalized spacial score (nSPS) is 13.3. The van der Waals surface area contributed by atoms with Crippen LogP contribution in [0.2, 0.25) is 0 Å². The summed E-state index contributed by atoms with van der Waals surface area (Å²) in [5.41, 5.74) is 4.87. The number of hydrogen-bond acceptors (Lipinski definition) is 4. The number of aromatic nitrogens is 1. The lowest BCUT2D eigenvalue weighted by molar-refractivity contribution is 0.0813. The number of Topliss-reactive ketones (excluding diaryl/α,β-unsaturated/α-hetero) is 1. The minimum Gasteiger partial charge on any atom is -0.505 e. The fraction of sp³-hybridized carbons (Fsp3) is 0.227. The lowest BCUT2D eigenvalue weighted by Crippen LogP contribution is -2.17. The number of nitrogens with zero attached hydrogens (tertiary/aromatic N) is 2. The maximum absolute atomic E-state index is 12.4. The Kier molecular flexibility index (Phi) is 3.95. The molecule has 27 heavy (non-hydrogen) atoms. The van der Waals surface area contributed by atoms with Gasteiger partial charge in [-0.15, -0.1) is 0 Å². The molecule has 0 fully saturated rings. The number of carbonyl (C=O) groups is 2. The monoisotopic (exact) mass is 360 g/mol. The smallest absolute Gasteiger partial charge is 0.258 e. The standard InChI is InChI=1S/C22H20N2O3/c1-12-4-6-14(7-5-12)8-15-9-16-18(13(2)25)17-11-24(3)22(27)19(17)21(26)20(16)23-10-15/h4-7,9-10,26H,8,11H2,1-3H3. The summed E-state index contributed by atoms with van der Waals surface area (Å²) in [5.74, 6) is -0.549. The van der Waals surface area contributed by atoms with E-state index in [1.807, 2.05) is 13.0 Å². The second-order valence-corrected chi connectivity index (χ2v) is 7.20. The van der Waals surface area contributed by atoms with Gasteiger partial charge in [-0.1, -0.05) is 29.8 Å². The minimum atomic E-state index is -0.280. The number of amides is 1. The largest absolute Gasteiger partial charge is 0.505 e. The molecule has 0 spiro atoms. The highest BCUT2D eigenvalue weighted by Crippen LogP contribution is 2.39. The van der Waals surface area contributed by atoms with Crippen molar-refractivity contribution in [1.82, 2.24) is 9.88 Å². The average molecular weight is 360 g/mol. The van der Waals surface area contributed by atoms with Gasteiger partial charge in [0.1, 0.15) is 5.52 Å². The van der Waals surface area contributed by atoms with Gasteiger partial charge in [0.2, 0.25) is 0 Å². The Hall–Kier alpha value is -3.21. The first-order chi connectivity index (χ1) is 12.9. The molecule has 136 valence electrons. The van der Waals surface area contributed by atoms with Crippen molar-refractivity contribution in [2.24, 2.45) is 0 Å². The number of aryl methyl sites for hydroxylation is 1. The van der Waals surface area contributed by atoms with Crippen molar-refractivity contribution in [1.29, 1.82) is 0 Å². The van der Waals surface area contributed by atoms with Crippen LogP contribution in [0.1, 0.15) is 49.9 Å². The highest BCUT2D eigenvalue weighted by atomic mass is 16.3. The highest BCUT2D eigenvalue weighted by molar-refractivity contribution is 6.15. The second kappa shape index (κ2) is 6.20. The van der Waals surface area contributed by atoms with Crippen LogP contribution in [0.5, 0.6) is 5.75 Å². The number of hydrogen-bond donors (Lipinski definition) is 1. The average Bonchev–Trinajstić information content (AvgIpc) is 2.91. The van der Waals surface area contributed by atoms with Gasteiger partial charge < -0.3 is 10.0 Å². The summed E-state index contributed by atoms with van der Waals surface area (Å²) in [6, 6.07) is 10.2. The summed E-state index contributed by atoms with van der Waals surface area (Å²) in [4.78, 5) is 30.7. The predicted molar refractivity (Wildman–Crippen MR) is 103 cm³/mol. The number of carbonyl (C=O) groups excluding carboxylic acids is 2. The first kappa shape index (κ1) is 17.2. The fourth-order valence-electron chi connectivity index (χ4n) is 3.76. The third kappa shape index (κ3) is 2.76. The molecule has 2 heterocycles. The van der Waals surface area contributed by atoms with Gasteiger partial charge in [-0.05, 0) is 43.0 Å². The van der Waals surface area contributed by atoms with E-state index in [1.54, 1.807) is 13.2 Å². The summed E-state index contributed by atoms with van der Waals surface area (Å²) in [6.45, 7) is 3.85. The molecule has 0 radical (unpaired) electrons. The number of phenolic OH excluding ortho intramolecular Hbond substituents is 1. The molecule has 1 aromatic heterocycles. The van der Waals surface area contributed by atoms with Crippen LogP contribution in [0.4, 0.5) is 0 Å². The molecule has 0 saturated heterocycles. The summed E-state index contributed by atoms with van der Waals surface area (Å²) >= 11 is 0. The molecule has 4 rings (SSSR count). The van der Waals surface area contributed by atoms with Crippen molar-refractivity contribution in [2.75, 3.05) is 7.05 Å². The summed E-state index contributed by atoms with van der Waals surface area (Å²) in [5, 5.41) is 11.3. The van der Waals surface area contributed by atoms with Crippen LogP contribution in [-0.2, 0) is 13.0 Å². The SMILES string of the molecule is CC(=O)c1c2c(c(O)c3ncc(Cc4ccc(C)cc4)cc13)C(=O)N(C)C2. The summed E-state index contributed by atoms with van der Waals surface area (Å²) < 4.78 is 0. The molecule has 0 atom stereocenters. The Morgan fingerprint density at radius 1 is 1.22 bits per heavy atom. The number of fused-ring (bicyclic) bond motifs is 2. The van der Waals surface area contributed by atoms with E-state index in [2.05, 4.69) is 29.2 Å². The van der Waals surface area contributed by atoms with E-state index in [1.165, 1.54) is 17.4 Å². The first-order valence-corrected chi connectivity index (χ1v) is 8.85. The highest BCUT2D eigenvalue weighted by Gasteiger charge is 2.34. The van der Waals surface area contributed by atoms with Gasteiger partial charge in [-0.2, -0.15) is 0 Å². The Morgan fingerprint density at radius 2 is 1.93 bits per heavy atom. The van der Waals surface area contributed by atoms with Gasteiger partial charge in [0, 0.05) is 30.7 Å². The zero-order valence-electron chi connectivity index (χ0n) is 15.5. The molecular weight excluding hydrogens is 340 g/mol. The van der Waals surface area contributed by atoms with Gasteiger partial charge in [0.25, 0.3) is 5.91 Å². The quantitative estimate of drug-likeness (QED) is 0.724. The molecule has 0 unspecified atom stereocenters. The van der Waals surface area contributed by atoms with Crippen LogP contribution >= 0.6 is 0 Å². The molecule has 0 bridgehead atoms. The van der Waals surface area contributed by atoms with Gasteiger partial charge in [-0.25, -0.2) is 0 Å². The van der Waals surface area contributed by atoms with Gasteiger partial charge in [0.05, 0.1) is 5.56 Å². The van der Waals surface area contributed by atoms with Gasteiger partial charge in [-0.3, -0.25) is 14.6 Å². The van der Waals surface area contributed by atoms with E-state index in [4.69, 9.17) is 0 Å². The van der Waals surface area contributed by atoms with Crippen LogP contribution in [0.3, 0.4) is 0 Å². The van der Waals surface area contributed by atoms with Crippen molar-refractivity contribution in [3.8, 4) is 5.75 Å². The maximum Gasteiger partial charge on any atom is 0.258 e. The molecular formula is C22H20N2O3. The third-order valence-electron chi connectivity index (χ3n) is 5.12. The van der Waals surface area contributed by atoms with Crippen LogP contribution in [0.15, 0.2) is 36.5 Å². The summed E-state index contributed by atoms with van der Waals surface area (Å²) in [6.07, 6.45) is 2.37. The van der Waals surface area contributed by atoms with Crippen molar-refractivity contribution >= 4 is 22.6 Å². The molecule has 1 N–H and O–H groups in total. The number of benzene rings is 2. The minimum absolute atomic E-state index is 0.131. The Labute approximate surface area is 157 Å². The van der Waals surface area contributed by atoms with Crippen molar-refractivity contribution in [3.05, 3.63) is 69.9 Å². The molecule has 1 aliphatic rings. The number of ketones is 1.